The Morgan fingerprint density at radius 2 is 0.758 bits per heavy atom. The van der Waals surface area contributed by atoms with Crippen LogP contribution < -0.4 is 0 Å². The fourth-order valence-electron chi connectivity index (χ4n) is 2.69. The van der Waals surface area contributed by atoms with E-state index in [1.165, 1.54) is 0 Å². The molecule has 0 aliphatic carbocycles. The Bertz CT molecular complexity index is 603. The molecule has 17 heteroatoms. The van der Waals surface area contributed by atoms with E-state index >= 15 is 0 Å². The highest BCUT2D eigenvalue weighted by Crippen LogP contribution is 2.60. The summed E-state index contributed by atoms with van der Waals surface area (Å²) in [5.41, 5.74) is 0. The van der Waals surface area contributed by atoms with Gasteiger partial charge in [-0.05, 0) is 12.5 Å². The van der Waals surface area contributed by atoms with Crippen LogP contribution in [-0.4, -0.2) is 41.8 Å². The molecule has 0 atom stereocenters. The van der Waals surface area contributed by atoms with E-state index in [0.29, 0.717) is 38.1 Å². The largest absolute Gasteiger partial charge is 0.460 e. The van der Waals surface area contributed by atoms with Gasteiger partial charge in [-0.15, -0.1) is 33.2 Å². The molecule has 33 heavy (non-hydrogen) atoms. The van der Waals surface area contributed by atoms with Crippen molar-refractivity contribution >= 4 is 39.2 Å². The zero-order chi connectivity index (χ0) is 26.6. The molecule has 0 bridgehead atoms. The first-order valence-electron chi connectivity index (χ1n) is 9.48. The van der Waals surface area contributed by atoms with Gasteiger partial charge >= 0.3 is 41.8 Å². The fourth-order valence-corrected chi connectivity index (χ4v) is 4.55. The van der Waals surface area contributed by atoms with E-state index in [2.05, 4.69) is 0 Å². The summed E-state index contributed by atoms with van der Waals surface area (Å²) in [7, 11) is 0. The van der Waals surface area contributed by atoms with Gasteiger partial charge in [0.2, 0.25) is 0 Å². The van der Waals surface area contributed by atoms with Crippen LogP contribution in [0.1, 0.15) is 57.8 Å². The highest BCUT2D eigenvalue weighted by molar-refractivity contribution is 7.64. The molecule has 0 aromatic heterocycles. The van der Waals surface area contributed by atoms with Crippen molar-refractivity contribution in [2.75, 3.05) is 0 Å². The molecule has 0 saturated heterocycles. The highest BCUT2D eigenvalue weighted by atomic mass is 35.8. The van der Waals surface area contributed by atoms with Crippen LogP contribution in [-0.2, 0) is 0 Å². The van der Waals surface area contributed by atoms with Gasteiger partial charge in [-0.3, -0.25) is 0 Å². The molecule has 0 fully saturated rings. The average Bonchev–Trinajstić information content (AvgIpc) is 2.60. The van der Waals surface area contributed by atoms with E-state index in [9.17, 15) is 57.1 Å². The smallest absolute Gasteiger partial charge is 0.200 e. The maximum absolute atomic E-state index is 13.6. The standard InChI is InChI=1S/C16H20Cl3F13Si/c17-33(18,19)10-8-6-4-2-1-3-5-7-9-11(20,21)12(22,23)13(24,25)14(26,27)15(28,29)16(30,31)32/h1-10H2. The van der Waals surface area contributed by atoms with Crippen LogP contribution in [0.3, 0.4) is 0 Å². The Hall–Kier alpha value is 0.177. The number of halogens is 16. The van der Waals surface area contributed by atoms with Gasteiger partial charge in [-0.25, -0.2) is 0 Å². The van der Waals surface area contributed by atoms with Crippen molar-refractivity contribution in [3.63, 3.8) is 0 Å². The summed E-state index contributed by atoms with van der Waals surface area (Å²) in [6.45, 7) is 0. The van der Waals surface area contributed by atoms with Crippen LogP contribution in [0.4, 0.5) is 57.1 Å². The van der Waals surface area contributed by atoms with Crippen LogP contribution in [0.5, 0.6) is 0 Å². The summed E-state index contributed by atoms with van der Waals surface area (Å²) < 4.78 is 169. The Morgan fingerprint density at radius 1 is 0.424 bits per heavy atom. The van der Waals surface area contributed by atoms with Crippen LogP contribution in [0.25, 0.3) is 0 Å². The lowest BCUT2D eigenvalue weighted by Gasteiger charge is -2.39. The van der Waals surface area contributed by atoms with Crippen molar-refractivity contribution in [1.29, 1.82) is 0 Å². The maximum atomic E-state index is 13.6. The molecule has 200 valence electrons. The van der Waals surface area contributed by atoms with Crippen molar-refractivity contribution in [1.82, 2.24) is 0 Å². The van der Waals surface area contributed by atoms with Gasteiger partial charge in [0.15, 0.2) is 0 Å². The van der Waals surface area contributed by atoms with E-state index in [4.69, 9.17) is 33.2 Å². The van der Waals surface area contributed by atoms with Crippen LogP contribution in [0.15, 0.2) is 0 Å². The van der Waals surface area contributed by atoms with Crippen molar-refractivity contribution in [2.24, 2.45) is 0 Å². The van der Waals surface area contributed by atoms with E-state index in [-0.39, 0.29) is 12.8 Å². The van der Waals surface area contributed by atoms with Gasteiger partial charge in [-0.2, -0.15) is 57.1 Å². The third kappa shape index (κ3) is 8.09. The normalized spacial score (nSPS) is 15.3. The van der Waals surface area contributed by atoms with Gasteiger partial charge in [0.25, 0.3) is 0 Å². The molecule has 0 aromatic carbocycles. The molecule has 0 N–H and O–H groups in total. The number of hydrogen-bond acceptors (Lipinski definition) is 0. The first kappa shape index (κ1) is 33.2. The monoisotopic (exact) mass is 592 g/mol. The predicted molar refractivity (Wildman–Crippen MR) is 100 cm³/mol. The minimum absolute atomic E-state index is 0.166. The molecular formula is C16H20Cl3F13Si. The van der Waals surface area contributed by atoms with Crippen molar-refractivity contribution in [3.8, 4) is 0 Å². The predicted octanol–water partition coefficient (Wildman–Crippen LogP) is 9.89. The van der Waals surface area contributed by atoms with E-state index in [1.54, 1.807) is 0 Å². The fraction of sp³-hybridized carbons (Fsp3) is 1.00. The van der Waals surface area contributed by atoms with Crippen LogP contribution in [0.2, 0.25) is 6.04 Å². The summed E-state index contributed by atoms with van der Waals surface area (Å²) in [6, 6.07) is -2.31. The third-order valence-electron chi connectivity index (χ3n) is 4.70. The second kappa shape index (κ2) is 11.5. The molecule has 0 rings (SSSR count). The Balaban J connectivity index is 4.82. The lowest BCUT2D eigenvalue weighted by Crippen LogP contribution is -2.70. The molecule has 0 aliphatic rings. The highest BCUT2D eigenvalue weighted by Gasteiger charge is 2.90. The van der Waals surface area contributed by atoms with E-state index in [0.717, 1.165) is 0 Å². The Labute approximate surface area is 196 Å². The van der Waals surface area contributed by atoms with E-state index < -0.39 is 54.6 Å². The topological polar surface area (TPSA) is 0 Å². The molecule has 0 aliphatic heterocycles. The second-order valence-electron chi connectivity index (χ2n) is 7.44. The maximum Gasteiger partial charge on any atom is 0.460 e. The summed E-state index contributed by atoms with van der Waals surface area (Å²) in [5.74, 6) is -36.4. The molecule has 0 nitrogen and oxygen atoms in total. The summed E-state index contributed by atoms with van der Waals surface area (Å²) in [6.07, 6.45) is -7.49. The molecular weight excluding hydrogens is 574 g/mol. The number of alkyl halides is 13. The first-order chi connectivity index (χ1) is 14.5. The first-order valence-corrected chi connectivity index (χ1v) is 14.7. The molecule has 0 saturated carbocycles. The second-order valence-corrected chi connectivity index (χ2v) is 16.7. The molecule has 0 unspecified atom stereocenters. The van der Waals surface area contributed by atoms with Crippen molar-refractivity contribution in [3.05, 3.63) is 0 Å². The lowest BCUT2D eigenvalue weighted by atomic mass is 9.91. The number of hydrogen-bond donors (Lipinski definition) is 0. The van der Waals surface area contributed by atoms with Gasteiger partial charge in [0.05, 0.1) is 0 Å². The minimum atomic E-state index is -7.84. The van der Waals surface area contributed by atoms with Crippen LogP contribution >= 0.6 is 33.2 Å². The summed E-state index contributed by atoms with van der Waals surface area (Å²) in [4.78, 5) is 0. The van der Waals surface area contributed by atoms with Gasteiger partial charge < -0.3 is 0 Å². The molecule has 0 radical (unpaired) electrons. The number of rotatable bonds is 15. The SMILES string of the molecule is FC(F)(F)C(F)(F)C(F)(F)C(F)(F)C(F)(F)C(F)(F)CCCCCCCCCC[Si](Cl)(Cl)Cl. The third-order valence-corrected chi connectivity index (χ3v) is 7.32. The summed E-state index contributed by atoms with van der Waals surface area (Å²) >= 11 is 17.0. The van der Waals surface area contributed by atoms with Gasteiger partial charge in [-0.1, -0.05) is 44.9 Å². The van der Waals surface area contributed by atoms with Crippen molar-refractivity contribution < 1.29 is 57.1 Å². The minimum Gasteiger partial charge on any atom is -0.200 e. The van der Waals surface area contributed by atoms with Gasteiger partial charge in [0, 0.05) is 6.42 Å². The van der Waals surface area contributed by atoms with E-state index in [1.807, 2.05) is 0 Å². The molecule has 0 heterocycles. The Morgan fingerprint density at radius 3 is 1.12 bits per heavy atom. The summed E-state index contributed by atoms with van der Waals surface area (Å²) in [5, 5.41) is 0. The quantitative estimate of drug-likeness (QED) is 0.0767. The lowest BCUT2D eigenvalue weighted by molar-refractivity contribution is -0.440. The Kier molecular flexibility index (Phi) is 11.5. The van der Waals surface area contributed by atoms with Crippen molar-refractivity contribution in [2.45, 2.75) is 99.6 Å². The molecule has 0 aromatic rings. The average molecular weight is 594 g/mol. The number of unbranched alkanes of at least 4 members (excludes halogenated alkanes) is 7. The molecule has 0 spiro atoms. The zero-order valence-electron chi connectivity index (χ0n) is 16.6. The van der Waals surface area contributed by atoms with Crippen LogP contribution in [0, 0.1) is 0 Å². The molecule has 0 amide bonds. The van der Waals surface area contributed by atoms with Gasteiger partial charge in [0.1, 0.15) is 0 Å². The zero-order valence-corrected chi connectivity index (χ0v) is 19.9.